The predicted molar refractivity (Wildman–Crippen MR) is 130 cm³/mol. The summed E-state index contributed by atoms with van der Waals surface area (Å²) in [6.07, 6.45) is 2.33. The first-order valence-electron chi connectivity index (χ1n) is 11.6. The van der Waals surface area contributed by atoms with E-state index >= 15 is 0 Å². The fraction of sp³-hybridized carbons (Fsp3) is 0.321. The molecule has 0 radical (unpaired) electrons. The lowest BCUT2D eigenvalue weighted by molar-refractivity contribution is 0.0769. The van der Waals surface area contributed by atoms with E-state index in [0.717, 1.165) is 26.2 Å². The second-order valence-corrected chi connectivity index (χ2v) is 9.40. The van der Waals surface area contributed by atoms with Crippen molar-refractivity contribution in [3.05, 3.63) is 107 Å². The molecule has 0 spiro atoms. The Hall–Kier alpha value is -2.62. The molecule has 2 aliphatic rings. The van der Waals surface area contributed by atoms with Crippen molar-refractivity contribution in [3.63, 3.8) is 0 Å². The van der Waals surface area contributed by atoms with Gasteiger partial charge in [0, 0.05) is 25.0 Å². The number of piperidine rings is 1. The van der Waals surface area contributed by atoms with Gasteiger partial charge in [-0.15, -0.1) is 0 Å². The molecule has 2 atom stereocenters. The third kappa shape index (κ3) is 4.32. The van der Waals surface area contributed by atoms with Gasteiger partial charge in [-0.05, 0) is 55.1 Å². The molecule has 3 nitrogen and oxygen atoms in total. The van der Waals surface area contributed by atoms with Crippen molar-refractivity contribution >= 4 is 17.5 Å². The molecule has 32 heavy (non-hydrogen) atoms. The standard InChI is InChI=1S/C28H29ClN2O/c29-26-14-8-7-13-24(26)28(32)31-19-25(23-11-5-2-6-12-23)27(20-31)30-17-15-22(16-18-30)21-9-3-1-4-10-21/h1-14,22,25,27H,15-20H2/t25-,27+/m1/s1. The van der Waals surface area contributed by atoms with E-state index in [1.54, 1.807) is 6.07 Å². The molecule has 0 unspecified atom stereocenters. The summed E-state index contributed by atoms with van der Waals surface area (Å²) < 4.78 is 0. The Balaban J connectivity index is 1.35. The first kappa shape index (κ1) is 21.2. The summed E-state index contributed by atoms with van der Waals surface area (Å²) >= 11 is 6.35. The van der Waals surface area contributed by atoms with Crippen LogP contribution in [0.15, 0.2) is 84.9 Å². The van der Waals surface area contributed by atoms with Gasteiger partial charge >= 0.3 is 0 Å². The molecular formula is C28H29ClN2O. The Morgan fingerprint density at radius 2 is 1.34 bits per heavy atom. The van der Waals surface area contributed by atoms with Crippen LogP contribution in [-0.2, 0) is 0 Å². The maximum absolute atomic E-state index is 13.3. The molecule has 0 saturated carbocycles. The maximum Gasteiger partial charge on any atom is 0.255 e. The molecule has 164 valence electrons. The summed E-state index contributed by atoms with van der Waals surface area (Å²) in [5.74, 6) is 0.985. The molecule has 2 saturated heterocycles. The van der Waals surface area contributed by atoms with Gasteiger partial charge in [0.25, 0.3) is 5.91 Å². The lowest BCUT2D eigenvalue weighted by Crippen LogP contribution is -2.45. The minimum absolute atomic E-state index is 0.0400. The van der Waals surface area contributed by atoms with E-state index in [1.807, 2.05) is 23.1 Å². The summed E-state index contributed by atoms with van der Waals surface area (Å²) in [5.41, 5.74) is 3.37. The van der Waals surface area contributed by atoms with E-state index in [2.05, 4.69) is 65.6 Å². The zero-order valence-electron chi connectivity index (χ0n) is 18.2. The van der Waals surface area contributed by atoms with E-state index in [-0.39, 0.29) is 5.91 Å². The van der Waals surface area contributed by atoms with Gasteiger partial charge in [-0.25, -0.2) is 0 Å². The average Bonchev–Trinajstić information content (AvgIpc) is 3.31. The highest BCUT2D eigenvalue weighted by Crippen LogP contribution is 2.36. The van der Waals surface area contributed by atoms with Crippen molar-refractivity contribution in [1.82, 2.24) is 9.80 Å². The number of amides is 1. The second-order valence-electron chi connectivity index (χ2n) is 9.00. The first-order valence-corrected chi connectivity index (χ1v) is 12.0. The van der Waals surface area contributed by atoms with Crippen molar-refractivity contribution in [2.24, 2.45) is 0 Å². The van der Waals surface area contributed by atoms with Crippen LogP contribution in [0.4, 0.5) is 0 Å². The van der Waals surface area contributed by atoms with Crippen molar-refractivity contribution in [1.29, 1.82) is 0 Å². The molecule has 0 aromatic heterocycles. The van der Waals surface area contributed by atoms with Crippen LogP contribution < -0.4 is 0 Å². The molecule has 0 bridgehead atoms. The maximum atomic E-state index is 13.3. The van der Waals surface area contributed by atoms with Crippen LogP contribution in [-0.4, -0.2) is 47.9 Å². The molecule has 2 heterocycles. The number of benzene rings is 3. The largest absolute Gasteiger partial charge is 0.336 e. The Labute approximate surface area is 195 Å². The summed E-state index contributed by atoms with van der Waals surface area (Å²) in [6.45, 7) is 3.63. The summed E-state index contributed by atoms with van der Waals surface area (Å²) in [6, 6.07) is 29.3. The monoisotopic (exact) mass is 444 g/mol. The number of carbonyl (C=O) groups excluding carboxylic acids is 1. The number of halogens is 1. The minimum Gasteiger partial charge on any atom is -0.336 e. The Morgan fingerprint density at radius 1 is 0.750 bits per heavy atom. The van der Waals surface area contributed by atoms with E-state index in [0.29, 0.717) is 28.5 Å². The minimum atomic E-state index is 0.0400. The zero-order chi connectivity index (χ0) is 21.9. The topological polar surface area (TPSA) is 23.6 Å². The molecule has 1 amide bonds. The number of likely N-dealkylation sites (tertiary alicyclic amines) is 2. The Morgan fingerprint density at radius 3 is 2.00 bits per heavy atom. The van der Waals surface area contributed by atoms with E-state index < -0.39 is 0 Å². The van der Waals surface area contributed by atoms with Crippen LogP contribution in [0.2, 0.25) is 5.02 Å². The van der Waals surface area contributed by atoms with Crippen molar-refractivity contribution in [3.8, 4) is 0 Å². The van der Waals surface area contributed by atoms with E-state index in [9.17, 15) is 4.79 Å². The molecule has 4 heteroatoms. The van der Waals surface area contributed by atoms with Gasteiger partial charge in [0.1, 0.15) is 0 Å². The molecule has 2 fully saturated rings. The molecule has 0 N–H and O–H groups in total. The highest BCUT2D eigenvalue weighted by Gasteiger charge is 2.41. The van der Waals surface area contributed by atoms with Gasteiger partial charge in [-0.1, -0.05) is 84.4 Å². The van der Waals surface area contributed by atoms with Gasteiger partial charge < -0.3 is 4.90 Å². The highest BCUT2D eigenvalue weighted by atomic mass is 35.5. The summed E-state index contributed by atoms with van der Waals surface area (Å²) in [4.78, 5) is 18.0. The van der Waals surface area contributed by atoms with Gasteiger partial charge in [0.15, 0.2) is 0 Å². The first-order chi connectivity index (χ1) is 15.7. The predicted octanol–water partition coefficient (Wildman–Crippen LogP) is 5.83. The third-order valence-corrected chi connectivity index (χ3v) is 7.51. The van der Waals surface area contributed by atoms with Gasteiger partial charge in [0.05, 0.1) is 10.6 Å². The van der Waals surface area contributed by atoms with Crippen LogP contribution in [0.5, 0.6) is 0 Å². The fourth-order valence-corrected chi connectivity index (χ4v) is 5.66. The Kier molecular flexibility index (Phi) is 6.29. The highest BCUT2D eigenvalue weighted by molar-refractivity contribution is 6.33. The van der Waals surface area contributed by atoms with Crippen molar-refractivity contribution in [2.75, 3.05) is 26.2 Å². The normalized spacial score (nSPS) is 22.2. The smallest absolute Gasteiger partial charge is 0.255 e. The Bertz CT molecular complexity index is 1050. The summed E-state index contributed by atoms with van der Waals surface area (Å²) in [7, 11) is 0. The van der Waals surface area contributed by atoms with Crippen LogP contribution in [0.1, 0.15) is 46.2 Å². The third-order valence-electron chi connectivity index (χ3n) is 7.18. The lowest BCUT2D eigenvalue weighted by atomic mass is 9.87. The number of nitrogens with zero attached hydrogens (tertiary/aromatic N) is 2. The summed E-state index contributed by atoms with van der Waals surface area (Å²) in [5, 5.41) is 0.529. The molecule has 2 aliphatic heterocycles. The van der Waals surface area contributed by atoms with E-state index in [4.69, 9.17) is 11.6 Å². The fourth-order valence-electron chi connectivity index (χ4n) is 5.44. The van der Waals surface area contributed by atoms with Gasteiger partial charge in [-0.3, -0.25) is 9.69 Å². The lowest BCUT2D eigenvalue weighted by Gasteiger charge is -2.38. The molecule has 3 aromatic rings. The van der Waals surface area contributed by atoms with E-state index in [1.165, 1.54) is 24.0 Å². The molecule has 5 rings (SSSR count). The van der Waals surface area contributed by atoms with Crippen LogP contribution >= 0.6 is 11.6 Å². The quantitative estimate of drug-likeness (QED) is 0.505. The number of hydrogen-bond acceptors (Lipinski definition) is 2. The molecule has 0 aliphatic carbocycles. The van der Waals surface area contributed by atoms with Crippen molar-refractivity contribution < 1.29 is 4.79 Å². The molecular weight excluding hydrogens is 416 g/mol. The van der Waals surface area contributed by atoms with Gasteiger partial charge in [0.2, 0.25) is 0 Å². The second kappa shape index (κ2) is 9.48. The van der Waals surface area contributed by atoms with Crippen LogP contribution in [0.25, 0.3) is 0 Å². The van der Waals surface area contributed by atoms with Crippen LogP contribution in [0, 0.1) is 0 Å². The van der Waals surface area contributed by atoms with Crippen molar-refractivity contribution in [2.45, 2.75) is 30.7 Å². The average molecular weight is 445 g/mol. The van der Waals surface area contributed by atoms with Crippen LogP contribution in [0.3, 0.4) is 0 Å². The van der Waals surface area contributed by atoms with Gasteiger partial charge in [-0.2, -0.15) is 0 Å². The number of hydrogen-bond donors (Lipinski definition) is 0. The molecule has 3 aromatic carbocycles. The number of carbonyl (C=O) groups is 1. The zero-order valence-corrected chi connectivity index (χ0v) is 19.0. The number of rotatable bonds is 4. The SMILES string of the molecule is O=C(c1ccccc1Cl)N1C[C@H](c2ccccc2)[C@@H](N2CCC(c3ccccc3)CC2)C1.